The fourth-order valence-electron chi connectivity index (χ4n) is 3.71. The second-order valence-electron chi connectivity index (χ2n) is 7.26. The van der Waals surface area contributed by atoms with Crippen LogP contribution in [0.3, 0.4) is 0 Å². The standard InChI is InChI=1S/C19H31NO/c1-6-20-18(17-8-7-13-19(17,4)5)15-9-11-16(12-10-15)21-14(2)3/h9-12,14,17-18,20H,6-8,13H2,1-5H3. The van der Waals surface area contributed by atoms with E-state index in [0.717, 1.165) is 12.3 Å². The zero-order valence-corrected chi connectivity index (χ0v) is 14.3. The van der Waals surface area contributed by atoms with Crippen LogP contribution >= 0.6 is 0 Å². The van der Waals surface area contributed by atoms with E-state index in [4.69, 9.17) is 4.74 Å². The Morgan fingerprint density at radius 2 is 1.90 bits per heavy atom. The van der Waals surface area contributed by atoms with Gasteiger partial charge in [-0.1, -0.05) is 39.3 Å². The fraction of sp³-hybridized carbons (Fsp3) is 0.684. The Labute approximate surface area is 130 Å². The summed E-state index contributed by atoms with van der Waals surface area (Å²) in [6, 6.07) is 9.16. The van der Waals surface area contributed by atoms with Crippen molar-refractivity contribution in [3.8, 4) is 5.75 Å². The molecule has 0 spiro atoms. The number of nitrogens with one attached hydrogen (secondary N) is 1. The predicted molar refractivity (Wildman–Crippen MR) is 89.7 cm³/mol. The number of benzene rings is 1. The van der Waals surface area contributed by atoms with Crippen LogP contribution < -0.4 is 10.1 Å². The van der Waals surface area contributed by atoms with E-state index in [-0.39, 0.29) is 6.10 Å². The van der Waals surface area contributed by atoms with Gasteiger partial charge in [0.05, 0.1) is 6.10 Å². The Hall–Kier alpha value is -1.02. The molecule has 1 fully saturated rings. The summed E-state index contributed by atoms with van der Waals surface area (Å²) in [5, 5.41) is 3.72. The van der Waals surface area contributed by atoms with Gasteiger partial charge >= 0.3 is 0 Å². The van der Waals surface area contributed by atoms with Crippen molar-refractivity contribution in [2.45, 2.75) is 66.0 Å². The molecule has 0 radical (unpaired) electrons. The van der Waals surface area contributed by atoms with E-state index in [2.05, 4.69) is 64.2 Å². The average molecular weight is 289 g/mol. The van der Waals surface area contributed by atoms with Crippen molar-refractivity contribution in [1.29, 1.82) is 0 Å². The van der Waals surface area contributed by atoms with Gasteiger partial charge in [0.25, 0.3) is 0 Å². The van der Waals surface area contributed by atoms with Crippen molar-refractivity contribution in [2.24, 2.45) is 11.3 Å². The molecule has 1 aliphatic rings. The third-order valence-electron chi connectivity index (χ3n) is 4.78. The highest BCUT2D eigenvalue weighted by molar-refractivity contribution is 5.30. The molecule has 1 aromatic rings. The normalized spacial score (nSPS) is 22.5. The van der Waals surface area contributed by atoms with E-state index in [1.807, 2.05) is 0 Å². The first-order chi connectivity index (χ1) is 9.94. The SMILES string of the molecule is CCNC(c1ccc(OC(C)C)cc1)C1CCCC1(C)C. The molecule has 2 rings (SSSR count). The van der Waals surface area contributed by atoms with E-state index < -0.39 is 0 Å². The molecule has 1 aliphatic carbocycles. The minimum atomic E-state index is 0.231. The fourth-order valence-corrected chi connectivity index (χ4v) is 3.71. The summed E-state index contributed by atoms with van der Waals surface area (Å²) in [6.45, 7) is 12.2. The van der Waals surface area contributed by atoms with Crippen LogP contribution in [0, 0.1) is 11.3 Å². The summed E-state index contributed by atoms with van der Waals surface area (Å²) in [6.07, 6.45) is 4.26. The molecule has 0 aliphatic heterocycles. The lowest BCUT2D eigenvalue weighted by molar-refractivity contribution is 0.199. The summed E-state index contributed by atoms with van der Waals surface area (Å²) in [4.78, 5) is 0. The van der Waals surface area contributed by atoms with Crippen LogP contribution in [0.15, 0.2) is 24.3 Å². The number of hydrogen-bond donors (Lipinski definition) is 1. The molecule has 0 bridgehead atoms. The summed E-state index contributed by atoms with van der Waals surface area (Å²) in [5.74, 6) is 1.68. The zero-order chi connectivity index (χ0) is 15.5. The highest BCUT2D eigenvalue weighted by Gasteiger charge is 2.39. The van der Waals surface area contributed by atoms with E-state index >= 15 is 0 Å². The molecule has 2 atom stereocenters. The molecule has 2 unspecified atom stereocenters. The summed E-state index contributed by atoms with van der Waals surface area (Å²) >= 11 is 0. The van der Waals surface area contributed by atoms with E-state index in [1.54, 1.807) is 0 Å². The number of hydrogen-bond acceptors (Lipinski definition) is 2. The third kappa shape index (κ3) is 4.00. The van der Waals surface area contributed by atoms with Gasteiger partial charge in [-0.05, 0) is 62.3 Å². The predicted octanol–water partition coefficient (Wildman–Crippen LogP) is 4.95. The molecule has 21 heavy (non-hydrogen) atoms. The molecule has 2 heteroatoms. The number of ether oxygens (including phenoxy) is 1. The van der Waals surface area contributed by atoms with Crippen LogP contribution in [0.25, 0.3) is 0 Å². The van der Waals surface area contributed by atoms with E-state index in [9.17, 15) is 0 Å². The van der Waals surface area contributed by atoms with Gasteiger partial charge in [-0.2, -0.15) is 0 Å². The van der Waals surface area contributed by atoms with Crippen LogP contribution in [0.5, 0.6) is 5.75 Å². The van der Waals surface area contributed by atoms with Crippen LogP contribution in [-0.4, -0.2) is 12.6 Å². The Morgan fingerprint density at radius 3 is 2.38 bits per heavy atom. The molecular weight excluding hydrogens is 258 g/mol. The maximum absolute atomic E-state index is 5.75. The van der Waals surface area contributed by atoms with E-state index in [0.29, 0.717) is 17.4 Å². The quantitative estimate of drug-likeness (QED) is 0.800. The van der Waals surface area contributed by atoms with Crippen LogP contribution in [0.1, 0.15) is 65.5 Å². The van der Waals surface area contributed by atoms with Gasteiger partial charge in [0.2, 0.25) is 0 Å². The highest BCUT2D eigenvalue weighted by Crippen LogP contribution is 2.48. The van der Waals surface area contributed by atoms with Crippen molar-refractivity contribution in [2.75, 3.05) is 6.54 Å². The number of rotatable bonds is 6. The first kappa shape index (κ1) is 16.4. The first-order valence-corrected chi connectivity index (χ1v) is 8.44. The van der Waals surface area contributed by atoms with Crippen LogP contribution in [0.2, 0.25) is 0 Å². The van der Waals surface area contributed by atoms with Gasteiger partial charge in [0.15, 0.2) is 0 Å². The molecule has 1 saturated carbocycles. The van der Waals surface area contributed by atoms with Crippen molar-refractivity contribution in [1.82, 2.24) is 5.32 Å². The van der Waals surface area contributed by atoms with Gasteiger partial charge in [-0.3, -0.25) is 0 Å². The highest BCUT2D eigenvalue weighted by atomic mass is 16.5. The molecule has 0 amide bonds. The average Bonchev–Trinajstić information content (AvgIpc) is 2.76. The molecular formula is C19H31NO. The first-order valence-electron chi connectivity index (χ1n) is 8.44. The Morgan fingerprint density at radius 1 is 1.24 bits per heavy atom. The van der Waals surface area contributed by atoms with Crippen molar-refractivity contribution < 1.29 is 4.74 Å². The maximum atomic E-state index is 5.75. The third-order valence-corrected chi connectivity index (χ3v) is 4.78. The van der Waals surface area contributed by atoms with Crippen molar-refractivity contribution in [3.63, 3.8) is 0 Å². The topological polar surface area (TPSA) is 21.3 Å². The Kier molecular flexibility index (Phi) is 5.32. The molecule has 0 saturated heterocycles. The molecule has 118 valence electrons. The summed E-state index contributed by atoms with van der Waals surface area (Å²) in [7, 11) is 0. The lowest BCUT2D eigenvalue weighted by Crippen LogP contribution is -2.33. The summed E-state index contributed by atoms with van der Waals surface area (Å²) in [5.41, 5.74) is 1.83. The molecule has 0 aromatic heterocycles. The Bertz CT molecular complexity index is 435. The van der Waals surface area contributed by atoms with Crippen LogP contribution in [0.4, 0.5) is 0 Å². The molecule has 1 aromatic carbocycles. The summed E-state index contributed by atoms with van der Waals surface area (Å²) < 4.78 is 5.75. The van der Waals surface area contributed by atoms with Gasteiger partial charge < -0.3 is 10.1 Å². The second kappa shape index (κ2) is 6.83. The van der Waals surface area contributed by atoms with Crippen molar-refractivity contribution in [3.05, 3.63) is 29.8 Å². The van der Waals surface area contributed by atoms with Gasteiger partial charge in [0, 0.05) is 6.04 Å². The minimum absolute atomic E-state index is 0.231. The van der Waals surface area contributed by atoms with Gasteiger partial charge in [0.1, 0.15) is 5.75 Å². The van der Waals surface area contributed by atoms with E-state index in [1.165, 1.54) is 24.8 Å². The lowest BCUT2D eigenvalue weighted by Gasteiger charge is -2.35. The Balaban J connectivity index is 2.18. The van der Waals surface area contributed by atoms with Crippen molar-refractivity contribution >= 4 is 0 Å². The maximum Gasteiger partial charge on any atom is 0.119 e. The smallest absolute Gasteiger partial charge is 0.119 e. The lowest BCUT2D eigenvalue weighted by atomic mass is 9.75. The van der Waals surface area contributed by atoms with Crippen LogP contribution in [-0.2, 0) is 0 Å². The molecule has 2 nitrogen and oxygen atoms in total. The largest absolute Gasteiger partial charge is 0.491 e. The van der Waals surface area contributed by atoms with Gasteiger partial charge in [-0.25, -0.2) is 0 Å². The zero-order valence-electron chi connectivity index (χ0n) is 14.3. The molecule has 1 N–H and O–H groups in total. The second-order valence-corrected chi connectivity index (χ2v) is 7.26. The minimum Gasteiger partial charge on any atom is -0.491 e. The molecule has 0 heterocycles. The monoisotopic (exact) mass is 289 g/mol. The van der Waals surface area contributed by atoms with Gasteiger partial charge in [-0.15, -0.1) is 0 Å².